The van der Waals surface area contributed by atoms with Gasteiger partial charge in [0.25, 0.3) is 0 Å². The zero-order valence-corrected chi connectivity index (χ0v) is 9.36. The Morgan fingerprint density at radius 3 is 2.73 bits per heavy atom. The number of hydrogen-bond acceptors (Lipinski definition) is 1. The SMILES string of the molecule is CCOCc1cc2ccccc2n1CC. The molecule has 0 bridgehead atoms. The summed E-state index contributed by atoms with van der Waals surface area (Å²) in [6, 6.07) is 10.7. The maximum Gasteiger partial charge on any atom is 0.0867 e. The molecule has 1 heterocycles. The van der Waals surface area contributed by atoms with Gasteiger partial charge in [0.15, 0.2) is 0 Å². The minimum Gasteiger partial charge on any atom is -0.376 e. The molecule has 0 aliphatic carbocycles. The van der Waals surface area contributed by atoms with Gasteiger partial charge in [0.05, 0.1) is 6.61 Å². The molecule has 0 N–H and O–H groups in total. The van der Waals surface area contributed by atoms with Gasteiger partial charge in [0.2, 0.25) is 0 Å². The topological polar surface area (TPSA) is 14.2 Å². The van der Waals surface area contributed by atoms with E-state index in [0.717, 1.165) is 13.2 Å². The van der Waals surface area contributed by atoms with Crippen LogP contribution >= 0.6 is 0 Å². The van der Waals surface area contributed by atoms with Crippen LogP contribution in [0.5, 0.6) is 0 Å². The van der Waals surface area contributed by atoms with Crippen LogP contribution in [0.15, 0.2) is 30.3 Å². The van der Waals surface area contributed by atoms with Crippen molar-refractivity contribution >= 4 is 10.9 Å². The van der Waals surface area contributed by atoms with Crippen molar-refractivity contribution in [1.29, 1.82) is 0 Å². The summed E-state index contributed by atoms with van der Waals surface area (Å²) in [7, 11) is 0. The molecule has 2 nitrogen and oxygen atoms in total. The number of fused-ring (bicyclic) bond motifs is 1. The Morgan fingerprint density at radius 2 is 2.00 bits per heavy atom. The van der Waals surface area contributed by atoms with Gasteiger partial charge in [0.1, 0.15) is 0 Å². The molecule has 0 unspecified atom stereocenters. The zero-order valence-electron chi connectivity index (χ0n) is 9.36. The molecule has 0 aliphatic rings. The number of nitrogens with zero attached hydrogens (tertiary/aromatic N) is 1. The molecule has 0 saturated heterocycles. The third-order valence-corrected chi connectivity index (χ3v) is 2.67. The zero-order chi connectivity index (χ0) is 10.7. The maximum atomic E-state index is 5.47. The van der Waals surface area contributed by atoms with Crippen molar-refractivity contribution in [3.8, 4) is 0 Å². The molecule has 2 rings (SSSR count). The average molecular weight is 203 g/mol. The molecule has 0 atom stereocenters. The van der Waals surface area contributed by atoms with E-state index in [1.807, 2.05) is 6.92 Å². The Bertz CT molecular complexity index is 445. The molecule has 0 amide bonds. The van der Waals surface area contributed by atoms with Gasteiger partial charge in [-0.25, -0.2) is 0 Å². The molecule has 0 spiro atoms. The molecule has 1 aromatic carbocycles. The van der Waals surface area contributed by atoms with E-state index >= 15 is 0 Å². The molecule has 2 heteroatoms. The predicted octanol–water partition coefficient (Wildman–Crippen LogP) is 3.20. The second-order valence-electron chi connectivity index (χ2n) is 3.58. The fourth-order valence-corrected chi connectivity index (χ4v) is 1.97. The van der Waals surface area contributed by atoms with Crippen molar-refractivity contribution < 1.29 is 4.74 Å². The van der Waals surface area contributed by atoms with Crippen LogP contribution in [0.4, 0.5) is 0 Å². The highest BCUT2D eigenvalue weighted by Gasteiger charge is 2.05. The standard InChI is InChI=1S/C13H17NO/c1-3-14-12(10-15-4-2)9-11-7-5-6-8-13(11)14/h5-9H,3-4,10H2,1-2H3. The molecule has 80 valence electrons. The monoisotopic (exact) mass is 203 g/mol. The van der Waals surface area contributed by atoms with Gasteiger partial charge in [-0.05, 0) is 31.4 Å². The largest absolute Gasteiger partial charge is 0.376 e. The van der Waals surface area contributed by atoms with Crippen LogP contribution < -0.4 is 0 Å². The van der Waals surface area contributed by atoms with E-state index in [0.29, 0.717) is 6.61 Å². The second kappa shape index (κ2) is 4.49. The summed E-state index contributed by atoms with van der Waals surface area (Å²) in [6.45, 7) is 6.67. The molecular weight excluding hydrogens is 186 g/mol. The number of benzene rings is 1. The lowest BCUT2D eigenvalue weighted by atomic mass is 10.2. The third kappa shape index (κ3) is 1.90. The van der Waals surface area contributed by atoms with Crippen LogP contribution in [0.1, 0.15) is 19.5 Å². The van der Waals surface area contributed by atoms with Crippen LogP contribution in [0.2, 0.25) is 0 Å². The number of aryl methyl sites for hydroxylation is 1. The second-order valence-corrected chi connectivity index (χ2v) is 3.58. The van der Waals surface area contributed by atoms with E-state index in [9.17, 15) is 0 Å². The first kappa shape index (κ1) is 10.2. The average Bonchev–Trinajstić information content (AvgIpc) is 2.63. The first-order chi connectivity index (χ1) is 7.36. The molecule has 0 saturated carbocycles. The first-order valence-corrected chi connectivity index (χ1v) is 5.51. The maximum absolute atomic E-state index is 5.47. The summed E-state index contributed by atoms with van der Waals surface area (Å²) in [5.41, 5.74) is 2.57. The fraction of sp³-hybridized carbons (Fsp3) is 0.385. The van der Waals surface area contributed by atoms with Gasteiger partial charge in [-0.2, -0.15) is 0 Å². The summed E-state index contributed by atoms with van der Waals surface area (Å²) < 4.78 is 7.78. The lowest BCUT2D eigenvalue weighted by Crippen LogP contribution is -2.02. The molecule has 0 aliphatic heterocycles. The van der Waals surface area contributed by atoms with Crippen LogP contribution in [-0.4, -0.2) is 11.2 Å². The van der Waals surface area contributed by atoms with E-state index in [4.69, 9.17) is 4.74 Å². The van der Waals surface area contributed by atoms with Gasteiger partial charge in [-0.15, -0.1) is 0 Å². The molecular formula is C13H17NO. The lowest BCUT2D eigenvalue weighted by Gasteiger charge is -2.07. The highest BCUT2D eigenvalue weighted by atomic mass is 16.5. The summed E-state index contributed by atoms with van der Waals surface area (Å²) in [5.74, 6) is 0. The number of hydrogen-bond donors (Lipinski definition) is 0. The number of para-hydroxylation sites is 1. The first-order valence-electron chi connectivity index (χ1n) is 5.51. The van der Waals surface area contributed by atoms with Gasteiger partial charge in [0, 0.05) is 24.4 Å². The Balaban J connectivity index is 2.44. The molecule has 1 aromatic heterocycles. The van der Waals surface area contributed by atoms with Crippen molar-refractivity contribution in [1.82, 2.24) is 4.57 Å². The third-order valence-electron chi connectivity index (χ3n) is 2.67. The smallest absolute Gasteiger partial charge is 0.0867 e. The van der Waals surface area contributed by atoms with Crippen LogP contribution in [0, 0.1) is 0 Å². The van der Waals surface area contributed by atoms with Gasteiger partial charge in [-0.1, -0.05) is 18.2 Å². The van der Waals surface area contributed by atoms with Crippen LogP contribution in [-0.2, 0) is 17.9 Å². The molecule has 2 aromatic rings. The number of rotatable bonds is 4. The van der Waals surface area contributed by atoms with Gasteiger partial charge in [-0.3, -0.25) is 0 Å². The quantitative estimate of drug-likeness (QED) is 0.744. The molecule has 0 fully saturated rings. The van der Waals surface area contributed by atoms with Crippen LogP contribution in [0.3, 0.4) is 0 Å². The Hall–Kier alpha value is -1.28. The molecule has 15 heavy (non-hydrogen) atoms. The van der Waals surface area contributed by atoms with E-state index in [2.05, 4.69) is 41.8 Å². The number of aromatic nitrogens is 1. The Kier molecular flexibility index (Phi) is 3.07. The highest BCUT2D eigenvalue weighted by Crippen LogP contribution is 2.20. The summed E-state index contributed by atoms with van der Waals surface area (Å²) >= 11 is 0. The van der Waals surface area contributed by atoms with Crippen molar-refractivity contribution in [2.24, 2.45) is 0 Å². The van der Waals surface area contributed by atoms with Crippen molar-refractivity contribution in [2.45, 2.75) is 27.0 Å². The molecule has 0 radical (unpaired) electrons. The highest BCUT2D eigenvalue weighted by molar-refractivity contribution is 5.81. The van der Waals surface area contributed by atoms with E-state index in [1.165, 1.54) is 16.6 Å². The van der Waals surface area contributed by atoms with Crippen molar-refractivity contribution in [2.75, 3.05) is 6.61 Å². The van der Waals surface area contributed by atoms with E-state index in [1.54, 1.807) is 0 Å². The fourth-order valence-electron chi connectivity index (χ4n) is 1.97. The van der Waals surface area contributed by atoms with Gasteiger partial charge < -0.3 is 9.30 Å². The predicted molar refractivity (Wildman–Crippen MR) is 62.9 cm³/mol. The van der Waals surface area contributed by atoms with Crippen LogP contribution in [0.25, 0.3) is 10.9 Å². The number of ether oxygens (including phenoxy) is 1. The van der Waals surface area contributed by atoms with Gasteiger partial charge >= 0.3 is 0 Å². The normalized spacial score (nSPS) is 11.1. The minimum atomic E-state index is 0.707. The Morgan fingerprint density at radius 1 is 1.20 bits per heavy atom. The van der Waals surface area contributed by atoms with E-state index in [-0.39, 0.29) is 0 Å². The van der Waals surface area contributed by atoms with E-state index < -0.39 is 0 Å². The van der Waals surface area contributed by atoms with Crippen molar-refractivity contribution in [3.05, 3.63) is 36.0 Å². The summed E-state index contributed by atoms with van der Waals surface area (Å²) in [6.07, 6.45) is 0. The summed E-state index contributed by atoms with van der Waals surface area (Å²) in [5, 5.41) is 1.30. The Labute approximate surface area is 90.5 Å². The van der Waals surface area contributed by atoms with Crippen molar-refractivity contribution in [3.63, 3.8) is 0 Å². The summed E-state index contributed by atoms with van der Waals surface area (Å²) in [4.78, 5) is 0. The minimum absolute atomic E-state index is 0.707. The lowest BCUT2D eigenvalue weighted by molar-refractivity contribution is 0.129.